The highest BCUT2D eigenvalue weighted by molar-refractivity contribution is 5.49. The van der Waals surface area contributed by atoms with Gasteiger partial charge in [0.05, 0.1) is 4.92 Å². The number of nitro benzene ring substituents is 1. The van der Waals surface area contributed by atoms with Gasteiger partial charge in [-0.25, -0.2) is 4.39 Å². The van der Waals surface area contributed by atoms with E-state index in [2.05, 4.69) is 0 Å². The molecule has 0 N–H and O–H groups in total. The Bertz CT molecular complexity index is 387. The van der Waals surface area contributed by atoms with E-state index in [4.69, 9.17) is 0 Å². The summed E-state index contributed by atoms with van der Waals surface area (Å²) < 4.78 is 26.5. The summed E-state index contributed by atoms with van der Waals surface area (Å²) in [5, 5.41) is 10.5. The molecule has 0 spiro atoms. The molecule has 0 bridgehead atoms. The van der Waals surface area contributed by atoms with Gasteiger partial charge in [0.2, 0.25) is 5.82 Å². The number of halogens is 2. The second-order valence-electron chi connectivity index (χ2n) is 3.11. The van der Waals surface area contributed by atoms with Crippen molar-refractivity contribution in [2.45, 2.75) is 20.8 Å². The van der Waals surface area contributed by atoms with E-state index < -0.39 is 22.2 Å². The van der Waals surface area contributed by atoms with Gasteiger partial charge in [-0.1, -0.05) is 0 Å². The molecule has 0 amide bonds. The van der Waals surface area contributed by atoms with E-state index in [0.29, 0.717) is 0 Å². The van der Waals surface area contributed by atoms with Crippen LogP contribution in [0.3, 0.4) is 0 Å². The van der Waals surface area contributed by atoms with Crippen molar-refractivity contribution < 1.29 is 13.7 Å². The average molecular weight is 201 g/mol. The lowest BCUT2D eigenvalue weighted by molar-refractivity contribution is -0.388. The summed E-state index contributed by atoms with van der Waals surface area (Å²) in [5.74, 6) is -1.80. The average Bonchev–Trinajstić information content (AvgIpc) is 2.11. The third-order valence-electron chi connectivity index (χ3n) is 2.30. The third-order valence-corrected chi connectivity index (χ3v) is 2.30. The maximum atomic E-state index is 13.3. The molecule has 0 aliphatic carbocycles. The van der Waals surface area contributed by atoms with Crippen molar-refractivity contribution in [2.75, 3.05) is 0 Å². The van der Waals surface area contributed by atoms with Gasteiger partial charge in [-0.3, -0.25) is 10.1 Å². The number of hydrogen-bond acceptors (Lipinski definition) is 2. The number of nitrogens with zero attached hydrogens (tertiary/aromatic N) is 1. The molecule has 1 aromatic rings. The van der Waals surface area contributed by atoms with Crippen LogP contribution < -0.4 is 0 Å². The topological polar surface area (TPSA) is 43.1 Å². The highest BCUT2D eigenvalue weighted by atomic mass is 19.1. The van der Waals surface area contributed by atoms with E-state index in [-0.39, 0.29) is 16.7 Å². The van der Waals surface area contributed by atoms with Gasteiger partial charge < -0.3 is 0 Å². The molecule has 0 atom stereocenters. The Morgan fingerprint density at radius 1 is 1.00 bits per heavy atom. The molecule has 0 saturated heterocycles. The van der Waals surface area contributed by atoms with Gasteiger partial charge in [0.1, 0.15) is 5.82 Å². The summed E-state index contributed by atoms with van der Waals surface area (Å²) in [6.07, 6.45) is 0. The maximum Gasteiger partial charge on any atom is 0.308 e. The predicted molar refractivity (Wildman–Crippen MR) is 47.2 cm³/mol. The van der Waals surface area contributed by atoms with Gasteiger partial charge in [0.25, 0.3) is 0 Å². The first-order chi connectivity index (χ1) is 6.37. The van der Waals surface area contributed by atoms with Crippen molar-refractivity contribution in [3.05, 3.63) is 38.4 Å². The number of benzene rings is 1. The van der Waals surface area contributed by atoms with Crippen LogP contribution in [0.25, 0.3) is 0 Å². The first-order valence-corrected chi connectivity index (χ1v) is 3.97. The van der Waals surface area contributed by atoms with Gasteiger partial charge in [0, 0.05) is 11.1 Å². The molecule has 5 heteroatoms. The van der Waals surface area contributed by atoms with Crippen LogP contribution in [0.15, 0.2) is 0 Å². The van der Waals surface area contributed by atoms with E-state index in [1.165, 1.54) is 20.8 Å². The normalized spacial score (nSPS) is 10.4. The maximum absolute atomic E-state index is 13.3. The summed E-state index contributed by atoms with van der Waals surface area (Å²) >= 11 is 0. The Balaban J connectivity index is 3.68. The molecule has 0 aliphatic rings. The molecular formula is C9H9F2NO2. The van der Waals surface area contributed by atoms with Crippen molar-refractivity contribution in [3.8, 4) is 0 Å². The Morgan fingerprint density at radius 3 is 1.93 bits per heavy atom. The summed E-state index contributed by atoms with van der Waals surface area (Å²) in [7, 11) is 0. The molecule has 76 valence electrons. The van der Waals surface area contributed by atoms with Crippen molar-refractivity contribution in [1.29, 1.82) is 0 Å². The molecule has 0 aromatic heterocycles. The second-order valence-corrected chi connectivity index (χ2v) is 3.11. The fourth-order valence-corrected chi connectivity index (χ4v) is 1.28. The fraction of sp³-hybridized carbons (Fsp3) is 0.333. The van der Waals surface area contributed by atoms with Crippen LogP contribution >= 0.6 is 0 Å². The van der Waals surface area contributed by atoms with Crippen LogP contribution in [-0.2, 0) is 0 Å². The molecule has 0 fully saturated rings. The van der Waals surface area contributed by atoms with E-state index in [1.54, 1.807) is 0 Å². The van der Waals surface area contributed by atoms with E-state index in [1.807, 2.05) is 0 Å². The molecule has 1 rings (SSSR count). The van der Waals surface area contributed by atoms with Crippen LogP contribution in [0, 0.1) is 42.5 Å². The minimum absolute atomic E-state index is 0.0376. The lowest BCUT2D eigenvalue weighted by Crippen LogP contribution is -2.03. The summed E-state index contributed by atoms with van der Waals surface area (Å²) in [6.45, 7) is 3.91. The second kappa shape index (κ2) is 3.32. The fourth-order valence-electron chi connectivity index (χ4n) is 1.28. The number of hydrogen-bond donors (Lipinski definition) is 0. The molecule has 3 nitrogen and oxygen atoms in total. The number of rotatable bonds is 1. The molecule has 0 aliphatic heterocycles. The van der Waals surface area contributed by atoms with Crippen molar-refractivity contribution in [2.24, 2.45) is 0 Å². The van der Waals surface area contributed by atoms with Crippen LogP contribution in [0.1, 0.15) is 16.7 Å². The van der Waals surface area contributed by atoms with Crippen molar-refractivity contribution >= 4 is 5.69 Å². The van der Waals surface area contributed by atoms with Crippen LogP contribution in [-0.4, -0.2) is 4.92 Å². The molecule has 0 saturated carbocycles. The Morgan fingerprint density at radius 2 is 1.50 bits per heavy atom. The highest BCUT2D eigenvalue weighted by Gasteiger charge is 2.25. The third kappa shape index (κ3) is 1.34. The van der Waals surface area contributed by atoms with Gasteiger partial charge in [-0.05, 0) is 26.3 Å². The first-order valence-electron chi connectivity index (χ1n) is 3.97. The van der Waals surface area contributed by atoms with E-state index >= 15 is 0 Å². The number of nitro groups is 1. The predicted octanol–water partition coefficient (Wildman–Crippen LogP) is 2.80. The molecule has 14 heavy (non-hydrogen) atoms. The summed E-state index contributed by atoms with van der Waals surface area (Å²) in [6, 6.07) is 0. The molecule has 1 aromatic carbocycles. The van der Waals surface area contributed by atoms with Gasteiger partial charge in [0.15, 0.2) is 0 Å². The SMILES string of the molecule is Cc1c(C)c([N+](=O)[O-])c(F)c(C)c1F. The van der Waals surface area contributed by atoms with Crippen LogP contribution in [0.2, 0.25) is 0 Å². The minimum atomic E-state index is -1.09. The molecule has 0 heterocycles. The zero-order chi connectivity index (χ0) is 11.0. The van der Waals surface area contributed by atoms with E-state index in [9.17, 15) is 18.9 Å². The Hall–Kier alpha value is -1.52. The summed E-state index contributed by atoms with van der Waals surface area (Å²) in [5.41, 5.74) is -0.785. The quantitative estimate of drug-likeness (QED) is 0.518. The highest BCUT2D eigenvalue weighted by Crippen LogP contribution is 2.30. The molecular weight excluding hydrogens is 192 g/mol. The van der Waals surface area contributed by atoms with Gasteiger partial charge >= 0.3 is 5.69 Å². The lowest BCUT2D eigenvalue weighted by Gasteiger charge is -2.07. The minimum Gasteiger partial charge on any atom is -0.258 e. The zero-order valence-electron chi connectivity index (χ0n) is 8.02. The van der Waals surface area contributed by atoms with Crippen molar-refractivity contribution in [3.63, 3.8) is 0 Å². The van der Waals surface area contributed by atoms with Gasteiger partial charge in [-0.15, -0.1) is 0 Å². The van der Waals surface area contributed by atoms with Crippen LogP contribution in [0.5, 0.6) is 0 Å². The lowest BCUT2D eigenvalue weighted by atomic mass is 10.0. The van der Waals surface area contributed by atoms with Crippen LogP contribution in [0.4, 0.5) is 14.5 Å². The monoisotopic (exact) mass is 201 g/mol. The van der Waals surface area contributed by atoms with Crippen molar-refractivity contribution in [1.82, 2.24) is 0 Å². The van der Waals surface area contributed by atoms with E-state index in [0.717, 1.165) is 0 Å². The zero-order valence-corrected chi connectivity index (χ0v) is 8.02. The first kappa shape index (κ1) is 10.6. The molecule has 0 radical (unpaired) electrons. The van der Waals surface area contributed by atoms with Gasteiger partial charge in [-0.2, -0.15) is 4.39 Å². The Kier molecular flexibility index (Phi) is 2.51. The molecule has 0 unspecified atom stereocenters. The standard InChI is InChI=1S/C9H9F2NO2/c1-4-5(2)9(12(13)14)8(11)6(3)7(4)10/h1-3H3. The Labute approximate surface area is 79.5 Å². The smallest absolute Gasteiger partial charge is 0.258 e. The largest absolute Gasteiger partial charge is 0.308 e. The summed E-state index contributed by atoms with van der Waals surface area (Å²) in [4.78, 5) is 9.67.